The van der Waals surface area contributed by atoms with E-state index in [9.17, 15) is 9.59 Å². The molecule has 0 saturated heterocycles. The van der Waals surface area contributed by atoms with Crippen LogP contribution in [0.2, 0.25) is 10.0 Å². The Morgan fingerprint density at radius 2 is 2.00 bits per heavy atom. The summed E-state index contributed by atoms with van der Waals surface area (Å²) in [7, 11) is 1.71. The predicted molar refractivity (Wildman–Crippen MR) is 97.7 cm³/mol. The van der Waals surface area contributed by atoms with E-state index in [1.807, 2.05) is 24.3 Å². The Labute approximate surface area is 155 Å². The van der Waals surface area contributed by atoms with Crippen molar-refractivity contribution < 1.29 is 14.3 Å². The van der Waals surface area contributed by atoms with Gasteiger partial charge in [-0.15, -0.1) is 0 Å². The molecular weight excluding hydrogens is 363 g/mol. The summed E-state index contributed by atoms with van der Waals surface area (Å²) in [5, 5.41) is 3.49. The largest absolute Gasteiger partial charge is 0.478 e. The number of carbonyl (C=O) groups is 2. The van der Waals surface area contributed by atoms with Crippen molar-refractivity contribution in [2.24, 2.45) is 0 Å². The number of halogens is 2. The summed E-state index contributed by atoms with van der Waals surface area (Å²) in [5.41, 5.74) is 1.07. The van der Waals surface area contributed by atoms with Crippen LogP contribution in [-0.2, 0) is 4.79 Å². The molecule has 0 fully saturated rings. The standard InChI is InChI=1S/C18H16Cl2N2O3/c1-22-14-4-2-3-5-15(14)25-16(18(22)24)8-9-21-17(23)12-7-6-11(19)10-13(12)20/h2-7,10,16H,8-9H2,1H3,(H,21,23). The SMILES string of the molecule is CN1C(=O)C(CCNC(=O)c2ccc(Cl)cc2Cl)Oc2ccccc21. The van der Waals surface area contributed by atoms with Gasteiger partial charge in [0.1, 0.15) is 5.75 Å². The molecule has 0 aromatic heterocycles. The van der Waals surface area contributed by atoms with Gasteiger partial charge in [0, 0.05) is 25.0 Å². The lowest BCUT2D eigenvalue weighted by Crippen LogP contribution is -2.45. The Morgan fingerprint density at radius 3 is 2.76 bits per heavy atom. The normalized spacial score (nSPS) is 16.2. The molecule has 1 heterocycles. The molecule has 1 N–H and O–H groups in total. The zero-order valence-corrected chi connectivity index (χ0v) is 15.0. The molecule has 0 spiro atoms. The lowest BCUT2D eigenvalue weighted by atomic mass is 10.1. The molecule has 1 aliphatic heterocycles. The maximum Gasteiger partial charge on any atom is 0.267 e. The average Bonchev–Trinajstić information content (AvgIpc) is 2.59. The van der Waals surface area contributed by atoms with Crippen LogP contribution in [0.25, 0.3) is 0 Å². The number of benzene rings is 2. The number of fused-ring (bicyclic) bond motifs is 1. The molecule has 7 heteroatoms. The highest BCUT2D eigenvalue weighted by atomic mass is 35.5. The Hall–Kier alpha value is -2.24. The van der Waals surface area contributed by atoms with Crippen LogP contribution in [0.1, 0.15) is 16.8 Å². The van der Waals surface area contributed by atoms with Gasteiger partial charge >= 0.3 is 0 Å². The van der Waals surface area contributed by atoms with E-state index >= 15 is 0 Å². The molecule has 0 aliphatic carbocycles. The first kappa shape index (κ1) is 17.6. The first-order valence-corrected chi connectivity index (χ1v) is 8.49. The fourth-order valence-electron chi connectivity index (χ4n) is 2.64. The summed E-state index contributed by atoms with van der Waals surface area (Å²) in [4.78, 5) is 26.1. The van der Waals surface area contributed by atoms with Crippen molar-refractivity contribution in [2.45, 2.75) is 12.5 Å². The molecule has 1 aliphatic rings. The molecular formula is C18H16Cl2N2O3. The van der Waals surface area contributed by atoms with Crippen molar-refractivity contribution in [3.8, 4) is 5.75 Å². The van der Waals surface area contributed by atoms with Crippen LogP contribution in [0, 0.1) is 0 Å². The van der Waals surface area contributed by atoms with E-state index in [0.717, 1.165) is 5.69 Å². The van der Waals surface area contributed by atoms with Crippen LogP contribution in [-0.4, -0.2) is 31.5 Å². The Kier molecular flexibility index (Phi) is 5.16. The van der Waals surface area contributed by atoms with Crippen molar-refractivity contribution in [1.82, 2.24) is 5.32 Å². The molecule has 0 radical (unpaired) electrons. The van der Waals surface area contributed by atoms with E-state index in [-0.39, 0.29) is 23.4 Å². The number of rotatable bonds is 4. The van der Waals surface area contributed by atoms with Gasteiger partial charge in [-0.1, -0.05) is 35.3 Å². The maximum absolute atomic E-state index is 12.4. The van der Waals surface area contributed by atoms with Gasteiger partial charge in [0.15, 0.2) is 6.10 Å². The van der Waals surface area contributed by atoms with Crippen LogP contribution in [0.4, 0.5) is 5.69 Å². The van der Waals surface area contributed by atoms with E-state index in [1.165, 1.54) is 6.07 Å². The second-order valence-corrected chi connectivity index (χ2v) is 6.48. The highest BCUT2D eigenvalue weighted by Crippen LogP contribution is 2.33. The zero-order valence-electron chi connectivity index (χ0n) is 13.5. The van der Waals surface area contributed by atoms with Gasteiger partial charge in [0.25, 0.3) is 11.8 Å². The molecule has 1 atom stereocenters. The van der Waals surface area contributed by atoms with Crippen LogP contribution < -0.4 is 15.0 Å². The van der Waals surface area contributed by atoms with E-state index in [1.54, 1.807) is 24.1 Å². The van der Waals surface area contributed by atoms with Crippen molar-refractivity contribution in [1.29, 1.82) is 0 Å². The smallest absolute Gasteiger partial charge is 0.267 e. The molecule has 1 unspecified atom stereocenters. The van der Waals surface area contributed by atoms with Gasteiger partial charge in [-0.05, 0) is 30.3 Å². The van der Waals surface area contributed by atoms with Gasteiger partial charge in [0.2, 0.25) is 0 Å². The summed E-state index contributed by atoms with van der Waals surface area (Å²) in [5.74, 6) is 0.192. The van der Waals surface area contributed by atoms with E-state index in [0.29, 0.717) is 22.8 Å². The molecule has 5 nitrogen and oxygen atoms in total. The minimum atomic E-state index is -0.638. The number of amides is 2. The quantitative estimate of drug-likeness (QED) is 0.884. The molecule has 2 aromatic carbocycles. The van der Waals surface area contributed by atoms with Crippen molar-refractivity contribution in [2.75, 3.05) is 18.5 Å². The Morgan fingerprint density at radius 1 is 1.24 bits per heavy atom. The van der Waals surface area contributed by atoms with E-state index in [2.05, 4.69) is 5.32 Å². The minimum Gasteiger partial charge on any atom is -0.478 e. The third-order valence-corrected chi connectivity index (χ3v) is 4.52. The second-order valence-electron chi connectivity index (χ2n) is 5.64. The van der Waals surface area contributed by atoms with E-state index < -0.39 is 6.10 Å². The summed E-state index contributed by atoms with van der Waals surface area (Å²) in [6, 6.07) is 12.0. The number of nitrogens with zero attached hydrogens (tertiary/aromatic N) is 1. The first-order valence-electron chi connectivity index (χ1n) is 7.74. The average molecular weight is 379 g/mol. The lowest BCUT2D eigenvalue weighted by molar-refractivity contribution is -0.126. The van der Waals surface area contributed by atoms with Gasteiger partial charge in [0.05, 0.1) is 16.3 Å². The third-order valence-electron chi connectivity index (χ3n) is 3.97. The fourth-order valence-corrected chi connectivity index (χ4v) is 3.13. The summed E-state index contributed by atoms with van der Waals surface area (Å²) in [6.45, 7) is 0.282. The molecule has 0 saturated carbocycles. The van der Waals surface area contributed by atoms with Gasteiger partial charge in [-0.25, -0.2) is 0 Å². The molecule has 130 valence electrons. The van der Waals surface area contributed by atoms with Crippen molar-refractivity contribution >= 4 is 40.7 Å². The highest BCUT2D eigenvalue weighted by Gasteiger charge is 2.31. The highest BCUT2D eigenvalue weighted by molar-refractivity contribution is 6.36. The number of likely N-dealkylation sites (N-methyl/N-ethyl adjacent to an activating group) is 1. The summed E-state index contributed by atoms with van der Waals surface area (Å²) >= 11 is 11.8. The third kappa shape index (κ3) is 3.72. The second kappa shape index (κ2) is 7.33. The molecule has 2 aromatic rings. The van der Waals surface area contributed by atoms with Crippen LogP contribution in [0.5, 0.6) is 5.75 Å². The number of nitrogens with one attached hydrogen (secondary N) is 1. The van der Waals surface area contributed by atoms with Gasteiger partial charge in [-0.2, -0.15) is 0 Å². The Balaban J connectivity index is 1.61. The van der Waals surface area contributed by atoms with Crippen molar-refractivity contribution in [3.63, 3.8) is 0 Å². The van der Waals surface area contributed by atoms with Crippen LogP contribution in [0.15, 0.2) is 42.5 Å². The number of ether oxygens (including phenoxy) is 1. The number of hydrogen-bond donors (Lipinski definition) is 1. The van der Waals surface area contributed by atoms with Gasteiger partial charge < -0.3 is 15.0 Å². The molecule has 2 amide bonds. The summed E-state index contributed by atoms with van der Waals surface area (Å²) in [6.07, 6.45) is -0.282. The topological polar surface area (TPSA) is 58.6 Å². The van der Waals surface area contributed by atoms with Crippen molar-refractivity contribution in [3.05, 3.63) is 58.1 Å². The maximum atomic E-state index is 12.4. The monoisotopic (exact) mass is 378 g/mol. The molecule has 25 heavy (non-hydrogen) atoms. The lowest BCUT2D eigenvalue weighted by Gasteiger charge is -2.31. The molecule has 0 bridgehead atoms. The first-order chi connectivity index (χ1) is 12.0. The Bertz CT molecular complexity index is 826. The van der Waals surface area contributed by atoms with Crippen LogP contribution in [0.3, 0.4) is 0 Å². The molecule has 3 rings (SSSR count). The summed E-state index contributed by atoms with van der Waals surface area (Å²) < 4.78 is 5.76. The van der Waals surface area contributed by atoms with Crippen LogP contribution >= 0.6 is 23.2 Å². The number of carbonyl (C=O) groups excluding carboxylic acids is 2. The minimum absolute atomic E-state index is 0.141. The number of hydrogen-bond acceptors (Lipinski definition) is 3. The predicted octanol–water partition coefficient (Wildman–Crippen LogP) is 3.54. The zero-order chi connectivity index (χ0) is 18.0. The number of para-hydroxylation sites is 2. The number of anilines is 1. The van der Waals surface area contributed by atoms with Gasteiger partial charge in [-0.3, -0.25) is 9.59 Å². The fraction of sp³-hybridized carbons (Fsp3) is 0.222. The van der Waals surface area contributed by atoms with E-state index in [4.69, 9.17) is 27.9 Å².